The van der Waals surface area contributed by atoms with Gasteiger partial charge in [0.25, 0.3) is 0 Å². The lowest BCUT2D eigenvalue weighted by molar-refractivity contribution is 0.0945. The minimum atomic E-state index is -0.107. The van der Waals surface area contributed by atoms with E-state index in [-0.39, 0.29) is 11.8 Å². The van der Waals surface area contributed by atoms with Crippen LogP contribution in [0.25, 0.3) is 11.0 Å². The molecule has 0 saturated heterocycles. The Balaban J connectivity index is 2.35. The Bertz CT molecular complexity index is 497. The average molecular weight is 217 g/mol. The molecule has 0 fully saturated rings. The largest absolute Gasteiger partial charge is 0.464 e. The van der Waals surface area contributed by atoms with Gasteiger partial charge in [0.2, 0.25) is 0 Å². The molecule has 0 saturated carbocycles. The first-order valence-corrected chi connectivity index (χ1v) is 5.45. The number of hydrogen-bond donors (Lipinski definition) is 1. The summed E-state index contributed by atoms with van der Waals surface area (Å²) in [6.45, 7) is 2.00. The van der Waals surface area contributed by atoms with E-state index in [2.05, 4.69) is 5.32 Å². The second-order valence-corrected chi connectivity index (χ2v) is 3.79. The highest BCUT2D eigenvalue weighted by molar-refractivity contribution is 6.02. The second kappa shape index (κ2) is 4.49. The van der Waals surface area contributed by atoms with Crippen LogP contribution in [0, 0.1) is 0 Å². The first-order chi connectivity index (χ1) is 7.76. The Morgan fingerprint density at radius 3 is 2.94 bits per heavy atom. The fourth-order valence-electron chi connectivity index (χ4n) is 1.84. The molecule has 0 amide bonds. The average Bonchev–Trinajstić information content (AvgIpc) is 2.77. The van der Waals surface area contributed by atoms with Crippen molar-refractivity contribution in [3.63, 3.8) is 0 Å². The molecule has 0 aliphatic heterocycles. The van der Waals surface area contributed by atoms with Gasteiger partial charge in [-0.3, -0.25) is 4.79 Å². The summed E-state index contributed by atoms with van der Waals surface area (Å²) < 4.78 is 5.24. The number of likely N-dealkylation sites (N-methyl/N-ethyl adjacent to an activating group) is 1. The van der Waals surface area contributed by atoms with E-state index in [0.717, 1.165) is 23.0 Å². The minimum absolute atomic E-state index is 0.107. The number of hydrogen-bond acceptors (Lipinski definition) is 3. The van der Waals surface area contributed by atoms with Gasteiger partial charge in [-0.15, -0.1) is 0 Å². The normalized spacial score (nSPS) is 12.9. The first-order valence-electron chi connectivity index (χ1n) is 5.45. The van der Waals surface area contributed by atoms with Crippen molar-refractivity contribution in [2.24, 2.45) is 0 Å². The summed E-state index contributed by atoms with van der Waals surface area (Å²) in [7, 11) is 1.81. The van der Waals surface area contributed by atoms with Gasteiger partial charge in [-0.2, -0.15) is 0 Å². The molecule has 1 N–H and O–H groups in total. The van der Waals surface area contributed by atoms with Crippen LogP contribution in [-0.4, -0.2) is 18.9 Å². The molecule has 0 aliphatic rings. The van der Waals surface area contributed by atoms with Gasteiger partial charge < -0.3 is 9.73 Å². The van der Waals surface area contributed by atoms with Gasteiger partial charge in [0.05, 0.1) is 12.3 Å². The van der Waals surface area contributed by atoms with Gasteiger partial charge in [0.1, 0.15) is 5.58 Å². The molecule has 1 atom stereocenters. The van der Waals surface area contributed by atoms with Crippen molar-refractivity contribution in [2.75, 3.05) is 7.05 Å². The molecular formula is C13H15NO2. The predicted molar refractivity (Wildman–Crippen MR) is 63.7 cm³/mol. The van der Waals surface area contributed by atoms with Crippen LogP contribution in [-0.2, 0) is 0 Å². The van der Waals surface area contributed by atoms with Crippen molar-refractivity contribution >= 4 is 16.8 Å². The monoisotopic (exact) mass is 217 g/mol. The van der Waals surface area contributed by atoms with Crippen LogP contribution in [0.15, 0.2) is 34.9 Å². The molecule has 84 valence electrons. The van der Waals surface area contributed by atoms with Gasteiger partial charge in [-0.05, 0) is 37.7 Å². The summed E-state index contributed by atoms with van der Waals surface area (Å²) in [6.07, 6.45) is 2.42. The van der Waals surface area contributed by atoms with Crippen molar-refractivity contribution in [1.29, 1.82) is 0 Å². The Morgan fingerprint density at radius 1 is 1.44 bits per heavy atom. The molecule has 1 heterocycles. The minimum Gasteiger partial charge on any atom is -0.464 e. The van der Waals surface area contributed by atoms with Crippen LogP contribution in [0.5, 0.6) is 0 Å². The first kappa shape index (κ1) is 10.9. The van der Waals surface area contributed by atoms with E-state index in [9.17, 15) is 4.79 Å². The maximum absolute atomic E-state index is 12.1. The number of nitrogens with one attached hydrogen (secondary N) is 1. The smallest absolute Gasteiger partial charge is 0.179 e. The van der Waals surface area contributed by atoms with Gasteiger partial charge in [0, 0.05) is 10.9 Å². The van der Waals surface area contributed by atoms with Crippen LogP contribution in [0.1, 0.15) is 23.7 Å². The summed E-state index contributed by atoms with van der Waals surface area (Å²) in [5, 5.41) is 3.99. The van der Waals surface area contributed by atoms with E-state index < -0.39 is 0 Å². The maximum atomic E-state index is 12.1. The van der Waals surface area contributed by atoms with E-state index in [1.807, 2.05) is 38.2 Å². The molecular weight excluding hydrogens is 202 g/mol. The number of carbonyl (C=O) groups excluding carboxylic acids is 1. The van der Waals surface area contributed by atoms with Crippen molar-refractivity contribution in [1.82, 2.24) is 5.32 Å². The van der Waals surface area contributed by atoms with Gasteiger partial charge >= 0.3 is 0 Å². The zero-order valence-electron chi connectivity index (χ0n) is 9.49. The number of benzene rings is 1. The van der Waals surface area contributed by atoms with Gasteiger partial charge in [-0.1, -0.05) is 6.92 Å². The Hall–Kier alpha value is -1.61. The molecule has 0 bridgehead atoms. The van der Waals surface area contributed by atoms with Crippen LogP contribution in [0.3, 0.4) is 0 Å². The number of ketones is 1. The molecule has 2 rings (SSSR count). The quantitative estimate of drug-likeness (QED) is 0.800. The number of furan rings is 1. The van der Waals surface area contributed by atoms with E-state index >= 15 is 0 Å². The summed E-state index contributed by atoms with van der Waals surface area (Å²) >= 11 is 0. The van der Waals surface area contributed by atoms with Crippen molar-refractivity contribution < 1.29 is 9.21 Å². The number of carbonyl (C=O) groups is 1. The molecule has 0 aliphatic carbocycles. The summed E-state index contributed by atoms with van der Waals surface area (Å²) in [6, 6.07) is 7.29. The van der Waals surface area contributed by atoms with E-state index in [4.69, 9.17) is 4.42 Å². The van der Waals surface area contributed by atoms with E-state index in [1.54, 1.807) is 6.26 Å². The van der Waals surface area contributed by atoms with Crippen molar-refractivity contribution in [3.05, 3.63) is 36.1 Å². The lowest BCUT2D eigenvalue weighted by atomic mass is 10.0. The summed E-state index contributed by atoms with van der Waals surface area (Å²) in [5.41, 5.74) is 1.55. The molecule has 0 unspecified atom stereocenters. The molecule has 1 aromatic heterocycles. The van der Waals surface area contributed by atoms with Crippen LogP contribution >= 0.6 is 0 Å². The Morgan fingerprint density at radius 2 is 2.25 bits per heavy atom. The third-order valence-electron chi connectivity index (χ3n) is 2.81. The fraction of sp³-hybridized carbons (Fsp3) is 0.308. The molecule has 0 spiro atoms. The van der Waals surface area contributed by atoms with Crippen molar-refractivity contribution in [3.8, 4) is 0 Å². The number of rotatable bonds is 4. The molecule has 2 aromatic rings. The van der Waals surface area contributed by atoms with Gasteiger partial charge in [0.15, 0.2) is 5.78 Å². The number of Topliss-reactive ketones (excluding diaryl/α,β-unsaturated/α-hetero) is 1. The SMILES string of the molecule is CC[C@@H](NC)C(=O)c1ccc2occc2c1. The third-order valence-corrected chi connectivity index (χ3v) is 2.81. The predicted octanol–water partition coefficient (Wildman–Crippen LogP) is 2.61. The molecule has 1 aromatic carbocycles. The summed E-state index contributed by atoms with van der Waals surface area (Å²) in [4.78, 5) is 12.1. The molecule has 3 nitrogen and oxygen atoms in total. The third kappa shape index (κ3) is 1.86. The van der Waals surface area contributed by atoms with Crippen molar-refractivity contribution in [2.45, 2.75) is 19.4 Å². The fourth-order valence-corrected chi connectivity index (χ4v) is 1.84. The maximum Gasteiger partial charge on any atom is 0.179 e. The highest BCUT2D eigenvalue weighted by atomic mass is 16.3. The summed E-state index contributed by atoms with van der Waals surface area (Å²) in [5.74, 6) is 0.133. The lowest BCUT2D eigenvalue weighted by Gasteiger charge is -2.12. The van der Waals surface area contributed by atoms with E-state index in [1.165, 1.54) is 0 Å². The topological polar surface area (TPSA) is 42.2 Å². The Labute approximate surface area is 94.4 Å². The number of fused-ring (bicyclic) bond motifs is 1. The highest BCUT2D eigenvalue weighted by Crippen LogP contribution is 2.18. The standard InChI is InChI=1S/C13H15NO2/c1-3-11(14-2)13(15)10-4-5-12-9(8-10)6-7-16-12/h4-8,11,14H,3H2,1-2H3/t11-/m1/s1. The zero-order chi connectivity index (χ0) is 11.5. The van der Waals surface area contributed by atoms with Crippen LogP contribution in [0.4, 0.5) is 0 Å². The van der Waals surface area contributed by atoms with Gasteiger partial charge in [-0.25, -0.2) is 0 Å². The molecule has 0 radical (unpaired) electrons. The second-order valence-electron chi connectivity index (χ2n) is 3.79. The van der Waals surface area contributed by atoms with Crippen LogP contribution < -0.4 is 5.32 Å². The molecule has 3 heteroatoms. The molecule has 16 heavy (non-hydrogen) atoms. The zero-order valence-corrected chi connectivity index (χ0v) is 9.49. The lowest BCUT2D eigenvalue weighted by Crippen LogP contribution is -2.33. The highest BCUT2D eigenvalue weighted by Gasteiger charge is 2.16. The van der Waals surface area contributed by atoms with Crippen LogP contribution in [0.2, 0.25) is 0 Å². The van der Waals surface area contributed by atoms with E-state index in [0.29, 0.717) is 0 Å². The Kier molecular flexibility index (Phi) is 3.06.